The summed E-state index contributed by atoms with van der Waals surface area (Å²) in [5.41, 5.74) is 4.70. The largest absolute Gasteiger partial charge is 0.490 e. The Morgan fingerprint density at radius 3 is 2.79 bits per heavy atom. The maximum absolute atomic E-state index is 11.5. The second-order valence-electron chi connectivity index (χ2n) is 5.59. The molecule has 2 aromatic carbocycles. The van der Waals surface area contributed by atoms with Crippen LogP contribution < -0.4 is 14.9 Å². The lowest BCUT2D eigenvalue weighted by molar-refractivity contribution is -0.145. The molecule has 0 atom stereocenters. The lowest BCUT2D eigenvalue weighted by Gasteiger charge is -2.12. The normalized spacial score (nSPS) is 10.9. The SMILES string of the molecule is CCOC(=O)COc1ccc(/C=N\Nc2nc3ccccc3s2)cc1OCC. The first-order valence-electron chi connectivity index (χ1n) is 8.89. The molecule has 1 aromatic heterocycles. The number of nitrogens with one attached hydrogen (secondary N) is 1. The number of anilines is 1. The molecule has 3 rings (SSSR count). The quantitative estimate of drug-likeness (QED) is 0.332. The van der Waals surface area contributed by atoms with Gasteiger partial charge in [-0.15, -0.1) is 0 Å². The van der Waals surface area contributed by atoms with Gasteiger partial charge in [0.2, 0.25) is 5.13 Å². The number of esters is 1. The third-order valence-corrected chi connectivity index (χ3v) is 4.53. The van der Waals surface area contributed by atoms with Gasteiger partial charge in [-0.2, -0.15) is 5.10 Å². The zero-order valence-electron chi connectivity index (χ0n) is 15.7. The van der Waals surface area contributed by atoms with Gasteiger partial charge in [-0.3, -0.25) is 5.43 Å². The maximum atomic E-state index is 11.5. The lowest BCUT2D eigenvalue weighted by atomic mass is 10.2. The van der Waals surface area contributed by atoms with E-state index < -0.39 is 5.97 Å². The third kappa shape index (κ3) is 5.20. The van der Waals surface area contributed by atoms with Crippen LogP contribution in [-0.2, 0) is 9.53 Å². The highest BCUT2D eigenvalue weighted by Gasteiger charge is 2.09. The molecule has 3 aromatic rings. The van der Waals surface area contributed by atoms with E-state index in [1.807, 2.05) is 37.3 Å². The Kier molecular flexibility index (Phi) is 6.80. The Labute approximate surface area is 167 Å². The number of hydrogen-bond acceptors (Lipinski definition) is 8. The van der Waals surface area contributed by atoms with E-state index in [-0.39, 0.29) is 6.61 Å². The van der Waals surface area contributed by atoms with Gasteiger partial charge in [-0.05, 0) is 49.7 Å². The van der Waals surface area contributed by atoms with Gasteiger partial charge >= 0.3 is 5.97 Å². The van der Waals surface area contributed by atoms with Crippen LogP contribution in [0, 0.1) is 0 Å². The van der Waals surface area contributed by atoms with Crippen LogP contribution in [0.5, 0.6) is 11.5 Å². The highest BCUT2D eigenvalue weighted by atomic mass is 32.1. The fraction of sp³-hybridized carbons (Fsp3) is 0.250. The van der Waals surface area contributed by atoms with Gasteiger partial charge in [-0.1, -0.05) is 23.5 Å². The maximum Gasteiger partial charge on any atom is 0.344 e. The van der Waals surface area contributed by atoms with Gasteiger partial charge in [0.15, 0.2) is 18.1 Å². The molecule has 0 spiro atoms. The highest BCUT2D eigenvalue weighted by molar-refractivity contribution is 7.22. The van der Waals surface area contributed by atoms with Crippen LogP contribution in [0.1, 0.15) is 19.4 Å². The summed E-state index contributed by atoms with van der Waals surface area (Å²) in [4.78, 5) is 15.9. The first-order chi connectivity index (χ1) is 13.7. The summed E-state index contributed by atoms with van der Waals surface area (Å²) in [5, 5.41) is 4.96. The predicted molar refractivity (Wildman–Crippen MR) is 111 cm³/mol. The van der Waals surface area contributed by atoms with Crippen LogP contribution in [0.3, 0.4) is 0 Å². The molecule has 0 saturated heterocycles. The standard InChI is InChI=1S/C20H21N3O4S/c1-3-25-17-11-14(9-10-16(17)27-13-19(24)26-4-2)12-21-23-20-22-15-7-5-6-8-18(15)28-20/h5-12H,3-4,13H2,1-2H3,(H,22,23)/b21-12-. The number of nitrogens with zero attached hydrogens (tertiary/aromatic N) is 2. The van der Waals surface area contributed by atoms with Gasteiger partial charge in [0, 0.05) is 0 Å². The molecule has 1 N–H and O–H groups in total. The Morgan fingerprint density at radius 1 is 1.14 bits per heavy atom. The molecule has 28 heavy (non-hydrogen) atoms. The van der Waals surface area contributed by atoms with E-state index in [0.717, 1.165) is 20.9 Å². The third-order valence-electron chi connectivity index (χ3n) is 3.59. The molecule has 1 heterocycles. The van der Waals surface area contributed by atoms with Crippen molar-refractivity contribution in [3.63, 3.8) is 0 Å². The number of aromatic nitrogens is 1. The Bertz CT molecular complexity index is 938. The molecule has 0 radical (unpaired) electrons. The molecule has 0 aliphatic heterocycles. The summed E-state index contributed by atoms with van der Waals surface area (Å²) < 4.78 is 17.1. The number of carbonyl (C=O) groups excluding carboxylic acids is 1. The lowest BCUT2D eigenvalue weighted by Crippen LogP contribution is -2.15. The summed E-state index contributed by atoms with van der Waals surface area (Å²) in [6.45, 7) is 4.25. The number of carbonyl (C=O) groups is 1. The van der Waals surface area contributed by atoms with E-state index >= 15 is 0 Å². The first-order valence-corrected chi connectivity index (χ1v) is 9.71. The smallest absolute Gasteiger partial charge is 0.344 e. The van der Waals surface area contributed by atoms with Gasteiger partial charge in [0.05, 0.1) is 29.6 Å². The van der Waals surface area contributed by atoms with E-state index in [1.54, 1.807) is 25.3 Å². The van der Waals surface area contributed by atoms with E-state index in [2.05, 4.69) is 15.5 Å². The monoisotopic (exact) mass is 399 g/mol. The zero-order valence-corrected chi connectivity index (χ0v) is 16.5. The van der Waals surface area contributed by atoms with Crippen molar-refractivity contribution in [3.05, 3.63) is 48.0 Å². The van der Waals surface area contributed by atoms with Crippen LogP contribution in [0.4, 0.5) is 5.13 Å². The van der Waals surface area contributed by atoms with E-state index in [1.165, 1.54) is 11.3 Å². The number of rotatable bonds is 9. The second kappa shape index (κ2) is 9.70. The Hall–Kier alpha value is -3.13. The predicted octanol–water partition coefficient (Wildman–Crippen LogP) is 4.08. The van der Waals surface area contributed by atoms with Crippen LogP contribution in [0.25, 0.3) is 10.2 Å². The fourth-order valence-electron chi connectivity index (χ4n) is 2.41. The Balaban J connectivity index is 1.66. The summed E-state index contributed by atoms with van der Waals surface area (Å²) in [6, 6.07) is 13.3. The number of benzene rings is 2. The number of fused-ring (bicyclic) bond motifs is 1. The van der Waals surface area contributed by atoms with E-state index in [9.17, 15) is 4.79 Å². The number of hydrogen-bond donors (Lipinski definition) is 1. The van der Waals surface area contributed by atoms with Crippen molar-refractivity contribution < 1.29 is 19.0 Å². The average molecular weight is 399 g/mol. The molecular weight excluding hydrogens is 378 g/mol. The zero-order chi connectivity index (χ0) is 19.8. The van der Waals surface area contributed by atoms with Crippen LogP contribution in [-0.4, -0.2) is 37.0 Å². The molecule has 7 nitrogen and oxygen atoms in total. The van der Waals surface area contributed by atoms with Gasteiger partial charge in [-0.25, -0.2) is 9.78 Å². The Morgan fingerprint density at radius 2 is 2.00 bits per heavy atom. The summed E-state index contributed by atoms with van der Waals surface area (Å²) in [5.74, 6) is 0.595. The van der Waals surface area contributed by atoms with Gasteiger partial charge in [0.1, 0.15) is 0 Å². The second-order valence-corrected chi connectivity index (χ2v) is 6.62. The average Bonchev–Trinajstić information content (AvgIpc) is 3.10. The van der Waals surface area contributed by atoms with Crippen LogP contribution >= 0.6 is 11.3 Å². The van der Waals surface area contributed by atoms with Crippen LogP contribution in [0.2, 0.25) is 0 Å². The van der Waals surface area contributed by atoms with Gasteiger partial charge in [0.25, 0.3) is 0 Å². The van der Waals surface area contributed by atoms with Crippen LogP contribution in [0.15, 0.2) is 47.6 Å². The molecule has 0 aliphatic rings. The van der Waals surface area contributed by atoms with Crippen molar-refractivity contribution in [2.75, 3.05) is 25.2 Å². The summed E-state index contributed by atoms with van der Waals surface area (Å²) in [6.07, 6.45) is 1.67. The van der Waals surface area contributed by atoms with Crippen molar-refractivity contribution in [2.24, 2.45) is 5.10 Å². The van der Waals surface area contributed by atoms with Crippen molar-refractivity contribution in [3.8, 4) is 11.5 Å². The number of ether oxygens (including phenoxy) is 3. The molecule has 0 aliphatic carbocycles. The van der Waals surface area contributed by atoms with E-state index in [4.69, 9.17) is 14.2 Å². The molecule has 0 fully saturated rings. The number of hydrazone groups is 1. The molecular formula is C20H21N3O4S. The van der Waals surface area contributed by atoms with Crippen molar-refractivity contribution in [1.29, 1.82) is 0 Å². The van der Waals surface area contributed by atoms with Gasteiger partial charge < -0.3 is 14.2 Å². The number of para-hydroxylation sites is 1. The molecule has 0 unspecified atom stereocenters. The molecule has 146 valence electrons. The molecule has 0 bridgehead atoms. The summed E-state index contributed by atoms with van der Waals surface area (Å²) in [7, 11) is 0. The van der Waals surface area contributed by atoms with Crippen molar-refractivity contribution in [2.45, 2.75) is 13.8 Å². The van der Waals surface area contributed by atoms with E-state index in [0.29, 0.717) is 24.7 Å². The minimum absolute atomic E-state index is 0.166. The highest BCUT2D eigenvalue weighted by Crippen LogP contribution is 2.28. The minimum Gasteiger partial charge on any atom is -0.490 e. The fourth-order valence-corrected chi connectivity index (χ4v) is 3.23. The number of thiazole rings is 1. The van der Waals surface area contributed by atoms with Crippen molar-refractivity contribution in [1.82, 2.24) is 4.98 Å². The molecule has 8 heteroatoms. The molecule has 0 amide bonds. The summed E-state index contributed by atoms with van der Waals surface area (Å²) >= 11 is 1.53. The minimum atomic E-state index is -0.421. The van der Waals surface area contributed by atoms with Crippen molar-refractivity contribution >= 4 is 38.9 Å². The first kappa shape index (κ1) is 19.6. The molecule has 0 saturated carbocycles. The topological polar surface area (TPSA) is 82.0 Å².